The van der Waals surface area contributed by atoms with Crippen molar-refractivity contribution in [3.05, 3.63) is 57.9 Å². The highest BCUT2D eigenvalue weighted by Crippen LogP contribution is 2.46. The number of benzene rings is 1. The maximum Gasteiger partial charge on any atom is 0.0791 e. The lowest BCUT2D eigenvalue weighted by Crippen LogP contribution is -2.25. The van der Waals surface area contributed by atoms with Gasteiger partial charge in [0.1, 0.15) is 0 Å². The van der Waals surface area contributed by atoms with Crippen molar-refractivity contribution in [1.29, 1.82) is 0 Å². The van der Waals surface area contributed by atoms with E-state index in [1.54, 1.807) is 0 Å². The lowest BCUT2D eigenvalue weighted by atomic mass is 9.94. The average molecular weight is 262 g/mol. The molecule has 0 saturated heterocycles. The molecule has 0 spiro atoms. The summed E-state index contributed by atoms with van der Waals surface area (Å²) in [7, 11) is 0. The summed E-state index contributed by atoms with van der Waals surface area (Å²) in [4.78, 5) is 0. The van der Waals surface area contributed by atoms with Crippen molar-refractivity contribution < 1.29 is 0 Å². The second-order valence-corrected chi connectivity index (χ2v) is 6.25. The van der Waals surface area contributed by atoms with Gasteiger partial charge in [-0.2, -0.15) is 0 Å². The predicted octanol–water partition coefficient (Wildman–Crippen LogP) is 3.21. The van der Waals surface area contributed by atoms with E-state index in [2.05, 4.69) is 41.2 Å². The zero-order valence-electron chi connectivity index (χ0n) is 9.24. The van der Waals surface area contributed by atoms with E-state index >= 15 is 0 Å². The van der Waals surface area contributed by atoms with Gasteiger partial charge < -0.3 is 11.5 Å². The normalized spacial score (nSPS) is 25.8. The molecule has 3 rings (SSSR count). The number of nitrogens with two attached hydrogens (primary N) is 2. The van der Waals surface area contributed by atoms with Gasteiger partial charge in [0.2, 0.25) is 0 Å². The zero-order chi connectivity index (χ0) is 11.8. The third-order valence-corrected chi connectivity index (χ3v) is 5.11. The molecule has 0 amide bonds. The van der Waals surface area contributed by atoms with Crippen molar-refractivity contribution in [2.75, 3.05) is 0 Å². The van der Waals surface area contributed by atoms with Crippen molar-refractivity contribution in [2.45, 2.75) is 16.7 Å². The van der Waals surface area contributed by atoms with Gasteiger partial charge in [-0.3, -0.25) is 0 Å². The van der Waals surface area contributed by atoms with Crippen LogP contribution in [-0.2, 0) is 0 Å². The molecule has 2 aliphatic heterocycles. The fourth-order valence-electron chi connectivity index (χ4n) is 2.15. The van der Waals surface area contributed by atoms with E-state index in [-0.39, 0.29) is 0 Å². The summed E-state index contributed by atoms with van der Waals surface area (Å²) in [6.45, 7) is 0. The van der Waals surface area contributed by atoms with Crippen LogP contribution < -0.4 is 11.5 Å². The first-order valence-corrected chi connectivity index (χ1v) is 7.44. The molecular weight excluding hydrogens is 248 g/mol. The Bertz CT molecular complexity index is 456. The molecule has 0 radical (unpaired) electrons. The van der Waals surface area contributed by atoms with E-state index in [0.29, 0.717) is 10.5 Å². The van der Waals surface area contributed by atoms with Gasteiger partial charge in [0, 0.05) is 0 Å². The molecule has 0 aliphatic carbocycles. The minimum atomic E-state index is -0.398. The van der Waals surface area contributed by atoms with Crippen molar-refractivity contribution >= 4 is 23.5 Å². The predicted molar refractivity (Wildman–Crippen MR) is 76.5 cm³/mol. The maximum absolute atomic E-state index is 5.96. The van der Waals surface area contributed by atoms with E-state index in [1.807, 2.05) is 23.5 Å². The first-order chi connectivity index (χ1) is 8.27. The van der Waals surface area contributed by atoms with Crippen LogP contribution in [0, 0.1) is 0 Å². The molecule has 1 aromatic rings. The first-order valence-electron chi connectivity index (χ1n) is 5.55. The molecule has 17 heavy (non-hydrogen) atoms. The fraction of sp³-hybridized carbons (Fsp3) is 0.231. The molecule has 1 aromatic carbocycles. The molecule has 2 unspecified atom stereocenters. The van der Waals surface area contributed by atoms with Crippen molar-refractivity contribution in [3.63, 3.8) is 0 Å². The minimum Gasteiger partial charge on any atom is -0.312 e. The van der Waals surface area contributed by atoms with Crippen LogP contribution in [0.3, 0.4) is 0 Å². The van der Waals surface area contributed by atoms with Gasteiger partial charge in [0.05, 0.1) is 16.7 Å². The molecule has 2 heterocycles. The Morgan fingerprint density at radius 3 is 1.71 bits per heavy atom. The smallest absolute Gasteiger partial charge is 0.0791 e. The second-order valence-electron chi connectivity index (χ2n) is 4.15. The highest BCUT2D eigenvalue weighted by Gasteiger charge is 2.25. The fourth-order valence-corrected chi connectivity index (χ4v) is 3.48. The molecule has 0 bridgehead atoms. The van der Waals surface area contributed by atoms with Gasteiger partial charge >= 0.3 is 0 Å². The zero-order valence-corrected chi connectivity index (χ0v) is 10.9. The van der Waals surface area contributed by atoms with Crippen LogP contribution in [0.5, 0.6) is 0 Å². The highest BCUT2D eigenvalue weighted by molar-refractivity contribution is 8.04. The molecule has 0 fully saturated rings. The van der Waals surface area contributed by atoms with Crippen molar-refractivity contribution in [2.24, 2.45) is 11.5 Å². The van der Waals surface area contributed by atoms with E-state index in [9.17, 15) is 0 Å². The molecule has 2 atom stereocenters. The standard InChI is InChI=1S/C13H14N2S2/c14-13(15)12-8(10-4-6-16-10)2-1-3-9(12)11-5-7-17-11/h1-7,10-11,13H,14-15H2. The van der Waals surface area contributed by atoms with Gasteiger partial charge in [-0.1, -0.05) is 30.4 Å². The third kappa shape index (κ3) is 1.95. The van der Waals surface area contributed by atoms with E-state index in [1.165, 1.54) is 11.1 Å². The molecule has 2 aliphatic rings. The molecule has 0 saturated carbocycles. The Morgan fingerprint density at radius 2 is 1.41 bits per heavy atom. The van der Waals surface area contributed by atoms with E-state index in [4.69, 9.17) is 11.5 Å². The van der Waals surface area contributed by atoms with Crippen LogP contribution in [-0.4, -0.2) is 0 Å². The number of rotatable bonds is 3. The Balaban J connectivity index is 2.08. The van der Waals surface area contributed by atoms with Crippen LogP contribution in [0.15, 0.2) is 41.2 Å². The van der Waals surface area contributed by atoms with Crippen molar-refractivity contribution in [3.8, 4) is 0 Å². The van der Waals surface area contributed by atoms with Gasteiger partial charge in [-0.05, 0) is 27.5 Å². The summed E-state index contributed by atoms with van der Waals surface area (Å²) in [5, 5.41) is 5.07. The summed E-state index contributed by atoms with van der Waals surface area (Å²) < 4.78 is 0. The summed E-state index contributed by atoms with van der Waals surface area (Å²) >= 11 is 3.64. The quantitative estimate of drug-likeness (QED) is 0.821. The lowest BCUT2D eigenvalue weighted by Gasteiger charge is -2.28. The number of hydrogen-bond acceptors (Lipinski definition) is 4. The topological polar surface area (TPSA) is 52.0 Å². The van der Waals surface area contributed by atoms with Crippen LogP contribution >= 0.6 is 23.5 Å². The lowest BCUT2D eigenvalue weighted by molar-refractivity contribution is 0.749. The molecule has 88 valence electrons. The van der Waals surface area contributed by atoms with Crippen LogP contribution in [0.2, 0.25) is 0 Å². The monoisotopic (exact) mass is 262 g/mol. The largest absolute Gasteiger partial charge is 0.312 e. The molecule has 0 aromatic heterocycles. The van der Waals surface area contributed by atoms with Gasteiger partial charge in [-0.25, -0.2) is 0 Å². The Morgan fingerprint density at radius 1 is 0.941 bits per heavy atom. The Labute approximate surface area is 110 Å². The first kappa shape index (κ1) is 11.4. The van der Waals surface area contributed by atoms with E-state index in [0.717, 1.165) is 5.56 Å². The van der Waals surface area contributed by atoms with Crippen LogP contribution in [0.1, 0.15) is 33.4 Å². The third-order valence-electron chi connectivity index (χ3n) is 3.08. The van der Waals surface area contributed by atoms with Crippen LogP contribution in [0.25, 0.3) is 0 Å². The van der Waals surface area contributed by atoms with Gasteiger partial charge in [0.15, 0.2) is 0 Å². The molecule has 4 N–H and O–H groups in total. The molecule has 4 heteroatoms. The SMILES string of the molecule is NC(N)c1c(C2C=CS2)cccc1C1C=CS1. The number of hydrogen-bond donors (Lipinski definition) is 2. The summed E-state index contributed by atoms with van der Waals surface area (Å²) in [6.07, 6.45) is 3.99. The van der Waals surface area contributed by atoms with Crippen LogP contribution in [0.4, 0.5) is 0 Å². The second kappa shape index (κ2) is 4.53. The molecule has 2 nitrogen and oxygen atoms in total. The van der Waals surface area contributed by atoms with Crippen molar-refractivity contribution in [1.82, 2.24) is 0 Å². The molecular formula is C13H14N2S2. The summed E-state index contributed by atoms with van der Waals surface area (Å²) in [5.41, 5.74) is 15.6. The van der Waals surface area contributed by atoms with E-state index < -0.39 is 6.17 Å². The Kier molecular flexibility index (Phi) is 3.04. The minimum absolute atomic E-state index is 0.398. The number of thioether (sulfide) groups is 2. The summed E-state index contributed by atoms with van der Waals surface area (Å²) in [6, 6.07) is 6.38. The highest BCUT2D eigenvalue weighted by atomic mass is 32.2. The maximum atomic E-state index is 5.96. The van der Waals surface area contributed by atoms with Gasteiger partial charge in [-0.15, -0.1) is 23.5 Å². The summed E-state index contributed by atoms with van der Waals surface area (Å²) in [5.74, 6) is 0. The Hall–Kier alpha value is -0.680. The van der Waals surface area contributed by atoms with Gasteiger partial charge in [0.25, 0.3) is 0 Å². The average Bonchev–Trinajstić information content (AvgIpc) is 2.11.